The molecule has 0 saturated heterocycles. The van der Waals surface area contributed by atoms with E-state index in [0.29, 0.717) is 19.4 Å². The lowest BCUT2D eigenvalue weighted by molar-refractivity contribution is -0.150. The van der Waals surface area contributed by atoms with Gasteiger partial charge in [0.25, 0.3) is 0 Å². The summed E-state index contributed by atoms with van der Waals surface area (Å²) < 4.78 is 5.19. The van der Waals surface area contributed by atoms with Crippen molar-refractivity contribution in [2.45, 2.75) is 25.9 Å². The van der Waals surface area contributed by atoms with Crippen LogP contribution in [-0.4, -0.2) is 23.8 Å². The Bertz CT molecular complexity index is 127. The van der Waals surface area contributed by atoms with Gasteiger partial charge in [0.1, 0.15) is 0 Å². The number of carboxylic acids is 1. The zero-order valence-electron chi connectivity index (χ0n) is 6.04. The van der Waals surface area contributed by atoms with Crippen molar-refractivity contribution >= 4 is 5.97 Å². The molecule has 0 aromatic carbocycles. The second-order valence-electron chi connectivity index (χ2n) is 2.58. The van der Waals surface area contributed by atoms with Crippen LogP contribution < -0.4 is 0 Å². The molecule has 1 N–H and O–H groups in total. The quantitative estimate of drug-likeness (QED) is 0.639. The van der Waals surface area contributed by atoms with E-state index in [1.807, 2.05) is 6.92 Å². The first-order valence-electron chi connectivity index (χ1n) is 3.58. The molecule has 0 unspecified atom stereocenters. The zero-order valence-corrected chi connectivity index (χ0v) is 6.04. The van der Waals surface area contributed by atoms with Gasteiger partial charge >= 0.3 is 5.97 Å². The van der Waals surface area contributed by atoms with Gasteiger partial charge in [0.05, 0.1) is 12.0 Å². The molecule has 0 radical (unpaired) electrons. The van der Waals surface area contributed by atoms with Crippen LogP contribution in [0.15, 0.2) is 0 Å². The van der Waals surface area contributed by atoms with Gasteiger partial charge in [-0.1, -0.05) is 0 Å². The van der Waals surface area contributed by atoms with E-state index in [1.54, 1.807) is 0 Å². The molecule has 0 spiro atoms. The molecule has 1 saturated carbocycles. The summed E-state index contributed by atoms with van der Waals surface area (Å²) in [5.41, 5.74) is 0. The molecule has 0 aromatic rings. The van der Waals surface area contributed by atoms with Crippen molar-refractivity contribution in [3.05, 3.63) is 0 Å². The number of carboxylic acid groups (broad SMARTS) is 1. The molecule has 0 amide bonds. The molecule has 0 aliphatic heterocycles. The first-order valence-corrected chi connectivity index (χ1v) is 3.58. The summed E-state index contributed by atoms with van der Waals surface area (Å²) in [6.07, 6.45) is 1.61. The summed E-state index contributed by atoms with van der Waals surface area (Å²) in [5.74, 6) is -0.826. The highest BCUT2D eigenvalue weighted by Crippen LogP contribution is 2.29. The Balaban J connectivity index is 2.12. The third-order valence-electron chi connectivity index (χ3n) is 1.85. The fourth-order valence-corrected chi connectivity index (χ4v) is 1.14. The molecular weight excluding hydrogens is 132 g/mol. The van der Waals surface area contributed by atoms with Crippen LogP contribution in [0.3, 0.4) is 0 Å². The Kier molecular flexibility index (Phi) is 2.27. The first kappa shape index (κ1) is 7.54. The molecule has 10 heavy (non-hydrogen) atoms. The molecule has 0 heterocycles. The van der Waals surface area contributed by atoms with E-state index in [0.717, 1.165) is 0 Å². The van der Waals surface area contributed by atoms with Crippen molar-refractivity contribution < 1.29 is 14.6 Å². The summed E-state index contributed by atoms with van der Waals surface area (Å²) >= 11 is 0. The summed E-state index contributed by atoms with van der Waals surface area (Å²) in [7, 11) is 0. The monoisotopic (exact) mass is 144 g/mol. The second kappa shape index (κ2) is 3.01. The van der Waals surface area contributed by atoms with Crippen LogP contribution in [0.5, 0.6) is 0 Å². The van der Waals surface area contributed by atoms with E-state index in [9.17, 15) is 4.79 Å². The van der Waals surface area contributed by atoms with Gasteiger partial charge in [0.2, 0.25) is 0 Å². The normalized spacial score (nSPS) is 31.3. The summed E-state index contributed by atoms with van der Waals surface area (Å²) in [6, 6.07) is 0. The smallest absolute Gasteiger partial charge is 0.306 e. The van der Waals surface area contributed by atoms with Gasteiger partial charge in [0.15, 0.2) is 0 Å². The van der Waals surface area contributed by atoms with Crippen LogP contribution in [0.25, 0.3) is 0 Å². The Hall–Kier alpha value is -0.570. The van der Waals surface area contributed by atoms with Crippen molar-refractivity contribution in [1.29, 1.82) is 0 Å². The lowest BCUT2D eigenvalue weighted by Gasteiger charge is -2.31. The molecule has 58 valence electrons. The number of aliphatic carboxylic acids is 1. The molecule has 3 nitrogen and oxygen atoms in total. The zero-order chi connectivity index (χ0) is 7.56. The molecule has 0 atom stereocenters. The average molecular weight is 144 g/mol. The molecule has 1 aliphatic carbocycles. The lowest BCUT2D eigenvalue weighted by atomic mass is 9.82. The largest absolute Gasteiger partial charge is 0.481 e. The summed E-state index contributed by atoms with van der Waals surface area (Å²) in [6.45, 7) is 2.62. The third-order valence-corrected chi connectivity index (χ3v) is 1.85. The van der Waals surface area contributed by atoms with Crippen molar-refractivity contribution in [3.63, 3.8) is 0 Å². The lowest BCUT2D eigenvalue weighted by Crippen LogP contribution is -2.36. The van der Waals surface area contributed by atoms with Crippen LogP contribution in [-0.2, 0) is 9.53 Å². The van der Waals surface area contributed by atoms with Crippen molar-refractivity contribution in [1.82, 2.24) is 0 Å². The molecule has 1 rings (SSSR count). The van der Waals surface area contributed by atoms with Crippen LogP contribution in [0, 0.1) is 5.92 Å². The Morgan fingerprint density at radius 2 is 2.30 bits per heavy atom. The number of hydrogen-bond acceptors (Lipinski definition) is 2. The minimum absolute atomic E-state index is 0.142. The van der Waals surface area contributed by atoms with Gasteiger partial charge in [-0.3, -0.25) is 4.79 Å². The van der Waals surface area contributed by atoms with Crippen LogP contribution >= 0.6 is 0 Å². The Morgan fingerprint density at radius 1 is 1.70 bits per heavy atom. The number of rotatable bonds is 3. The maximum absolute atomic E-state index is 10.3. The molecule has 1 aliphatic rings. The van der Waals surface area contributed by atoms with E-state index in [1.165, 1.54) is 0 Å². The highest BCUT2D eigenvalue weighted by atomic mass is 16.5. The van der Waals surface area contributed by atoms with E-state index >= 15 is 0 Å². The van der Waals surface area contributed by atoms with Gasteiger partial charge < -0.3 is 9.84 Å². The van der Waals surface area contributed by atoms with Gasteiger partial charge in [0, 0.05) is 6.61 Å². The molecule has 3 heteroatoms. The molecular formula is C7H12O3. The predicted molar refractivity (Wildman–Crippen MR) is 35.8 cm³/mol. The average Bonchev–Trinajstić information content (AvgIpc) is 1.76. The van der Waals surface area contributed by atoms with Crippen molar-refractivity contribution in [2.24, 2.45) is 5.92 Å². The predicted octanol–water partition coefficient (Wildman–Crippen LogP) is 0.886. The number of ether oxygens (including phenoxy) is 1. The van der Waals surface area contributed by atoms with Crippen LogP contribution in [0.2, 0.25) is 0 Å². The summed E-state index contributed by atoms with van der Waals surface area (Å²) in [4.78, 5) is 10.3. The molecule has 0 bridgehead atoms. The fraction of sp³-hybridized carbons (Fsp3) is 0.857. The molecule has 0 aromatic heterocycles. The van der Waals surface area contributed by atoms with Gasteiger partial charge in [-0.25, -0.2) is 0 Å². The fourth-order valence-electron chi connectivity index (χ4n) is 1.14. The van der Waals surface area contributed by atoms with E-state index in [2.05, 4.69) is 0 Å². The number of hydrogen-bond donors (Lipinski definition) is 1. The Morgan fingerprint density at radius 3 is 2.70 bits per heavy atom. The van der Waals surface area contributed by atoms with Gasteiger partial charge in [-0.2, -0.15) is 0 Å². The van der Waals surface area contributed by atoms with Gasteiger partial charge in [-0.15, -0.1) is 0 Å². The van der Waals surface area contributed by atoms with E-state index in [4.69, 9.17) is 9.84 Å². The maximum Gasteiger partial charge on any atom is 0.306 e. The van der Waals surface area contributed by atoms with Crippen molar-refractivity contribution in [2.75, 3.05) is 6.61 Å². The SMILES string of the molecule is CCO[C@H]1C[C@@H](C(=O)O)C1. The third kappa shape index (κ3) is 1.48. The maximum atomic E-state index is 10.3. The van der Waals surface area contributed by atoms with Crippen molar-refractivity contribution in [3.8, 4) is 0 Å². The topological polar surface area (TPSA) is 46.5 Å². The second-order valence-corrected chi connectivity index (χ2v) is 2.58. The Labute approximate surface area is 60.0 Å². The molecule has 1 fully saturated rings. The number of carbonyl (C=O) groups is 1. The highest BCUT2D eigenvalue weighted by molar-refractivity contribution is 5.71. The minimum atomic E-state index is -0.684. The van der Waals surface area contributed by atoms with Gasteiger partial charge in [-0.05, 0) is 19.8 Å². The van der Waals surface area contributed by atoms with Crippen LogP contribution in [0.1, 0.15) is 19.8 Å². The standard InChI is InChI=1S/C7H12O3/c1-2-10-6-3-5(4-6)7(8)9/h5-6H,2-4H2,1H3,(H,8,9)/t5-,6+. The minimum Gasteiger partial charge on any atom is -0.481 e. The summed E-state index contributed by atoms with van der Waals surface area (Å²) in [5, 5.41) is 8.46. The van der Waals surface area contributed by atoms with E-state index < -0.39 is 5.97 Å². The highest BCUT2D eigenvalue weighted by Gasteiger charge is 2.34. The first-order chi connectivity index (χ1) is 4.74. The van der Waals surface area contributed by atoms with E-state index in [-0.39, 0.29) is 12.0 Å². The van der Waals surface area contributed by atoms with Crippen LogP contribution in [0.4, 0.5) is 0 Å².